The van der Waals surface area contributed by atoms with E-state index < -0.39 is 0 Å². The third-order valence-corrected chi connectivity index (χ3v) is 4.66. The average molecular weight is 344 g/mol. The molecule has 8 nitrogen and oxygen atoms in total. The lowest BCUT2D eigenvalue weighted by atomic mass is 10.1. The normalized spacial score (nSPS) is 20.5. The Labute approximate surface area is 146 Å². The number of aromatic nitrogens is 4. The zero-order valence-electron chi connectivity index (χ0n) is 14.7. The van der Waals surface area contributed by atoms with Gasteiger partial charge in [0.05, 0.1) is 24.9 Å². The van der Waals surface area contributed by atoms with Gasteiger partial charge in [-0.3, -0.25) is 4.68 Å². The van der Waals surface area contributed by atoms with Gasteiger partial charge in [-0.05, 0) is 33.1 Å². The van der Waals surface area contributed by atoms with Crippen molar-refractivity contribution in [1.29, 1.82) is 0 Å². The summed E-state index contributed by atoms with van der Waals surface area (Å²) in [5, 5.41) is 11.3. The van der Waals surface area contributed by atoms with Crippen LogP contribution in [0.1, 0.15) is 36.6 Å². The first-order chi connectivity index (χ1) is 12.2. The lowest BCUT2D eigenvalue weighted by Gasteiger charge is -2.23. The Kier molecular flexibility index (Phi) is 4.44. The molecule has 0 amide bonds. The second-order valence-corrected chi connectivity index (χ2v) is 6.56. The monoisotopic (exact) mass is 344 g/mol. The van der Waals surface area contributed by atoms with Gasteiger partial charge in [-0.15, -0.1) is 5.10 Å². The van der Waals surface area contributed by atoms with E-state index in [1.807, 2.05) is 24.7 Å². The summed E-state index contributed by atoms with van der Waals surface area (Å²) < 4.78 is 13.6. The van der Waals surface area contributed by atoms with Crippen molar-refractivity contribution in [3.63, 3.8) is 0 Å². The fourth-order valence-electron chi connectivity index (χ4n) is 3.25. The van der Waals surface area contributed by atoms with Gasteiger partial charge in [0.1, 0.15) is 11.5 Å². The maximum absolute atomic E-state index is 5.95. The first-order valence-electron chi connectivity index (χ1n) is 8.86. The van der Waals surface area contributed by atoms with Gasteiger partial charge in [0.15, 0.2) is 0 Å². The zero-order valence-corrected chi connectivity index (χ0v) is 14.7. The minimum absolute atomic E-state index is 0.246. The number of hydrogen-bond donors (Lipinski definition) is 2. The molecule has 25 heavy (non-hydrogen) atoms. The lowest BCUT2D eigenvalue weighted by Crippen LogP contribution is -2.23. The quantitative estimate of drug-likeness (QED) is 0.822. The van der Waals surface area contributed by atoms with Crippen molar-refractivity contribution in [2.24, 2.45) is 0 Å². The van der Waals surface area contributed by atoms with Crippen molar-refractivity contribution in [2.75, 3.05) is 37.0 Å². The first kappa shape index (κ1) is 16.1. The van der Waals surface area contributed by atoms with Crippen LogP contribution in [0.5, 0.6) is 5.88 Å². The molecular weight excluding hydrogens is 320 g/mol. The number of ether oxygens (including phenoxy) is 2. The van der Waals surface area contributed by atoms with Crippen molar-refractivity contribution >= 4 is 17.5 Å². The topological polar surface area (TPSA) is 86.1 Å². The molecule has 4 rings (SSSR count). The Hall–Kier alpha value is -2.35. The van der Waals surface area contributed by atoms with Crippen LogP contribution in [0.25, 0.3) is 0 Å². The molecule has 1 fully saturated rings. The number of hydrogen-bond acceptors (Lipinski definition) is 7. The van der Waals surface area contributed by atoms with Gasteiger partial charge in [0.2, 0.25) is 5.95 Å². The van der Waals surface area contributed by atoms with E-state index in [2.05, 4.69) is 20.6 Å². The SMILES string of the molecule is Cc1cnc2nc1NCCCOc1nn(C3CCCOC3)c(C)c1N2. The molecule has 2 N–H and O–H groups in total. The molecule has 4 heterocycles. The minimum Gasteiger partial charge on any atom is -0.475 e. The standard InChI is InChI=1S/C17H24N6O2/c1-11-9-19-17-20-14-12(2)23(13-5-3-7-24-10-13)22-16(14)25-8-4-6-18-15(11)21-17/h9,13H,3-8,10H2,1-2H3,(H2,18,19,20,21). The Morgan fingerprint density at radius 1 is 1.24 bits per heavy atom. The smallest absolute Gasteiger partial charge is 0.257 e. The summed E-state index contributed by atoms with van der Waals surface area (Å²) in [6, 6.07) is 0.246. The molecule has 0 aromatic carbocycles. The molecule has 2 aromatic rings. The molecule has 134 valence electrons. The summed E-state index contributed by atoms with van der Waals surface area (Å²) in [6.07, 6.45) is 4.82. The van der Waals surface area contributed by atoms with Gasteiger partial charge in [-0.2, -0.15) is 4.98 Å². The highest BCUT2D eigenvalue weighted by Crippen LogP contribution is 2.34. The Bertz CT molecular complexity index is 754. The molecule has 8 heteroatoms. The maximum atomic E-state index is 5.95. The van der Waals surface area contributed by atoms with E-state index >= 15 is 0 Å². The molecule has 1 unspecified atom stereocenters. The summed E-state index contributed by atoms with van der Waals surface area (Å²) in [4.78, 5) is 8.98. The molecule has 2 bridgehead atoms. The van der Waals surface area contributed by atoms with E-state index in [0.717, 1.165) is 55.2 Å². The van der Waals surface area contributed by atoms with Gasteiger partial charge in [0.25, 0.3) is 5.88 Å². The molecule has 0 radical (unpaired) electrons. The number of nitrogens with one attached hydrogen (secondary N) is 2. The largest absolute Gasteiger partial charge is 0.475 e. The van der Waals surface area contributed by atoms with Gasteiger partial charge in [0, 0.05) is 24.9 Å². The number of rotatable bonds is 1. The molecular formula is C17H24N6O2. The lowest BCUT2D eigenvalue weighted by molar-refractivity contribution is 0.0537. The maximum Gasteiger partial charge on any atom is 0.257 e. The summed E-state index contributed by atoms with van der Waals surface area (Å²) in [6.45, 7) is 6.96. The van der Waals surface area contributed by atoms with Crippen molar-refractivity contribution in [1.82, 2.24) is 19.7 Å². The van der Waals surface area contributed by atoms with E-state index in [4.69, 9.17) is 14.6 Å². The minimum atomic E-state index is 0.246. The Morgan fingerprint density at radius 2 is 2.16 bits per heavy atom. The van der Waals surface area contributed by atoms with Crippen LogP contribution in [0.4, 0.5) is 17.5 Å². The number of nitrogens with zero attached hydrogens (tertiary/aromatic N) is 4. The molecule has 2 aliphatic heterocycles. The van der Waals surface area contributed by atoms with Crippen molar-refractivity contribution in [3.05, 3.63) is 17.5 Å². The summed E-state index contributed by atoms with van der Waals surface area (Å²) in [7, 11) is 0. The first-order valence-corrected chi connectivity index (χ1v) is 8.86. The van der Waals surface area contributed by atoms with Crippen molar-refractivity contribution in [2.45, 2.75) is 39.2 Å². The van der Waals surface area contributed by atoms with Gasteiger partial charge >= 0.3 is 0 Å². The molecule has 0 spiro atoms. The van der Waals surface area contributed by atoms with E-state index in [0.29, 0.717) is 25.0 Å². The third kappa shape index (κ3) is 3.26. The third-order valence-electron chi connectivity index (χ3n) is 4.66. The van der Waals surface area contributed by atoms with Crippen molar-refractivity contribution < 1.29 is 9.47 Å². The van der Waals surface area contributed by atoms with Crippen LogP contribution in [0.2, 0.25) is 0 Å². The van der Waals surface area contributed by atoms with Crippen LogP contribution in [0.3, 0.4) is 0 Å². The number of fused-ring (bicyclic) bond motifs is 3. The second kappa shape index (κ2) is 6.87. The molecule has 1 atom stereocenters. The van der Waals surface area contributed by atoms with Crippen LogP contribution in [0, 0.1) is 13.8 Å². The molecule has 0 aliphatic carbocycles. The van der Waals surface area contributed by atoms with Crippen LogP contribution in [-0.2, 0) is 4.74 Å². The van der Waals surface area contributed by atoms with Crippen LogP contribution in [0.15, 0.2) is 6.20 Å². The highest BCUT2D eigenvalue weighted by molar-refractivity contribution is 5.64. The highest BCUT2D eigenvalue weighted by Gasteiger charge is 2.24. The molecule has 0 saturated carbocycles. The predicted molar refractivity (Wildman–Crippen MR) is 94.7 cm³/mol. The summed E-state index contributed by atoms with van der Waals surface area (Å²) in [5.74, 6) is 2.00. The number of aryl methyl sites for hydroxylation is 1. The average Bonchev–Trinajstić information content (AvgIpc) is 2.92. The number of anilines is 3. The summed E-state index contributed by atoms with van der Waals surface area (Å²) in [5.41, 5.74) is 2.88. The molecule has 2 aliphatic rings. The highest BCUT2D eigenvalue weighted by atomic mass is 16.5. The molecule has 2 aromatic heterocycles. The Morgan fingerprint density at radius 3 is 3.00 bits per heavy atom. The zero-order chi connectivity index (χ0) is 17.2. The van der Waals surface area contributed by atoms with Crippen LogP contribution in [-0.4, -0.2) is 46.1 Å². The van der Waals surface area contributed by atoms with E-state index in [1.54, 1.807) is 0 Å². The Balaban J connectivity index is 1.71. The molecule has 1 saturated heterocycles. The fourth-order valence-corrected chi connectivity index (χ4v) is 3.25. The van der Waals surface area contributed by atoms with Gasteiger partial charge in [-0.1, -0.05) is 0 Å². The van der Waals surface area contributed by atoms with E-state index in [1.165, 1.54) is 0 Å². The van der Waals surface area contributed by atoms with E-state index in [9.17, 15) is 0 Å². The fraction of sp³-hybridized carbons (Fsp3) is 0.588. The van der Waals surface area contributed by atoms with Gasteiger partial charge in [-0.25, -0.2) is 4.98 Å². The van der Waals surface area contributed by atoms with E-state index in [-0.39, 0.29) is 6.04 Å². The predicted octanol–water partition coefficient (Wildman–Crippen LogP) is 2.58. The van der Waals surface area contributed by atoms with Crippen LogP contribution < -0.4 is 15.4 Å². The summed E-state index contributed by atoms with van der Waals surface area (Å²) >= 11 is 0. The van der Waals surface area contributed by atoms with Gasteiger partial charge < -0.3 is 20.1 Å². The second-order valence-electron chi connectivity index (χ2n) is 6.56. The van der Waals surface area contributed by atoms with Crippen molar-refractivity contribution in [3.8, 4) is 5.88 Å². The van der Waals surface area contributed by atoms with Crippen LogP contribution >= 0.6 is 0 Å².